The number of hydrogen-bond donors (Lipinski definition) is 0. The van der Waals surface area contributed by atoms with Crippen LogP contribution in [0.4, 0.5) is 0 Å². The van der Waals surface area contributed by atoms with Gasteiger partial charge in [0.2, 0.25) is 0 Å². The highest BCUT2D eigenvalue weighted by atomic mass is 32.1. The van der Waals surface area contributed by atoms with Crippen LogP contribution in [-0.2, 0) is 11.8 Å². The molecule has 6 nitrogen and oxygen atoms in total. The predicted octanol–water partition coefficient (Wildman–Crippen LogP) is 1.71. The molecule has 2 aromatic rings. The van der Waals surface area contributed by atoms with Gasteiger partial charge in [0.1, 0.15) is 16.8 Å². The highest BCUT2D eigenvalue weighted by Crippen LogP contribution is 2.24. The fourth-order valence-electron chi connectivity index (χ4n) is 2.57. The second-order valence-electron chi connectivity index (χ2n) is 5.23. The molecule has 112 valence electrons. The molecule has 1 aliphatic rings. The van der Waals surface area contributed by atoms with Gasteiger partial charge in [-0.15, -0.1) is 11.3 Å². The Hall–Kier alpha value is -1.73. The van der Waals surface area contributed by atoms with E-state index >= 15 is 0 Å². The van der Waals surface area contributed by atoms with Crippen molar-refractivity contribution in [3.05, 3.63) is 33.8 Å². The first-order valence-electron chi connectivity index (χ1n) is 6.87. The summed E-state index contributed by atoms with van der Waals surface area (Å²) >= 11 is 1.39. The first kappa shape index (κ1) is 14.2. The Bertz CT molecular complexity index is 664. The summed E-state index contributed by atoms with van der Waals surface area (Å²) in [7, 11) is 1.95. The molecule has 0 aromatic carbocycles. The number of carbonyl (C=O) groups is 1. The number of morpholine rings is 1. The van der Waals surface area contributed by atoms with Crippen molar-refractivity contribution < 1.29 is 9.53 Å². The van der Waals surface area contributed by atoms with Gasteiger partial charge >= 0.3 is 0 Å². The van der Waals surface area contributed by atoms with Gasteiger partial charge < -0.3 is 14.2 Å². The predicted molar refractivity (Wildman–Crippen MR) is 79.4 cm³/mol. The van der Waals surface area contributed by atoms with E-state index in [9.17, 15) is 4.79 Å². The SMILES string of the molecule is Cc1cn(C)c([C@@H]2CN(C(=O)c3scnc3C)CCO2)n1. The smallest absolute Gasteiger partial charge is 0.266 e. The normalized spacial score (nSPS) is 19.0. The van der Waals surface area contributed by atoms with Crippen molar-refractivity contribution in [3.63, 3.8) is 0 Å². The molecule has 0 N–H and O–H groups in total. The van der Waals surface area contributed by atoms with E-state index in [1.807, 2.05) is 36.6 Å². The lowest BCUT2D eigenvalue weighted by Gasteiger charge is -2.32. The molecule has 0 bridgehead atoms. The zero-order valence-corrected chi connectivity index (χ0v) is 13.2. The maximum atomic E-state index is 12.6. The van der Waals surface area contributed by atoms with Gasteiger partial charge in [-0.05, 0) is 13.8 Å². The maximum absolute atomic E-state index is 12.6. The summed E-state index contributed by atoms with van der Waals surface area (Å²) in [5.41, 5.74) is 3.46. The van der Waals surface area contributed by atoms with Crippen molar-refractivity contribution in [2.75, 3.05) is 19.7 Å². The molecule has 0 spiro atoms. The summed E-state index contributed by atoms with van der Waals surface area (Å²) in [4.78, 5) is 23.8. The summed E-state index contributed by atoms with van der Waals surface area (Å²) in [6.07, 6.45) is 1.79. The van der Waals surface area contributed by atoms with Crippen LogP contribution in [0.2, 0.25) is 0 Å². The molecule has 0 unspecified atom stereocenters. The van der Waals surface area contributed by atoms with Crippen LogP contribution < -0.4 is 0 Å². The number of aromatic nitrogens is 3. The number of rotatable bonds is 2. The monoisotopic (exact) mass is 306 g/mol. The summed E-state index contributed by atoms with van der Waals surface area (Å²) in [6.45, 7) is 5.48. The van der Waals surface area contributed by atoms with Gasteiger partial charge in [-0.1, -0.05) is 0 Å². The molecule has 3 rings (SSSR count). The van der Waals surface area contributed by atoms with Crippen LogP contribution in [0.1, 0.15) is 33.0 Å². The number of ether oxygens (including phenoxy) is 1. The number of amides is 1. The molecule has 0 radical (unpaired) electrons. The van der Waals surface area contributed by atoms with E-state index < -0.39 is 0 Å². The molecule has 1 atom stereocenters. The van der Waals surface area contributed by atoms with Gasteiger partial charge in [0.25, 0.3) is 5.91 Å². The molecule has 0 saturated carbocycles. The first-order valence-corrected chi connectivity index (χ1v) is 7.75. The molecule has 0 aliphatic carbocycles. The molecular weight excluding hydrogens is 288 g/mol. The zero-order valence-electron chi connectivity index (χ0n) is 12.4. The molecule has 1 fully saturated rings. The van der Waals surface area contributed by atoms with E-state index in [0.29, 0.717) is 24.6 Å². The molecule has 1 amide bonds. The van der Waals surface area contributed by atoms with Crippen LogP contribution in [0.25, 0.3) is 0 Å². The van der Waals surface area contributed by atoms with Gasteiger partial charge in [0.05, 0.1) is 30.1 Å². The van der Waals surface area contributed by atoms with Crippen LogP contribution in [0.15, 0.2) is 11.7 Å². The van der Waals surface area contributed by atoms with E-state index in [1.165, 1.54) is 11.3 Å². The Balaban J connectivity index is 1.79. The van der Waals surface area contributed by atoms with Gasteiger partial charge in [0, 0.05) is 19.8 Å². The van der Waals surface area contributed by atoms with E-state index in [1.54, 1.807) is 5.51 Å². The van der Waals surface area contributed by atoms with Crippen molar-refractivity contribution in [3.8, 4) is 0 Å². The summed E-state index contributed by atoms with van der Waals surface area (Å²) < 4.78 is 7.76. The number of carbonyl (C=O) groups excluding carboxylic acids is 1. The van der Waals surface area contributed by atoms with Crippen molar-refractivity contribution >= 4 is 17.2 Å². The molecule has 3 heterocycles. The molecule has 1 aliphatic heterocycles. The van der Waals surface area contributed by atoms with Gasteiger partial charge in [-0.25, -0.2) is 9.97 Å². The summed E-state index contributed by atoms with van der Waals surface area (Å²) in [5.74, 6) is 0.903. The third-order valence-corrected chi connectivity index (χ3v) is 4.53. The molecule has 21 heavy (non-hydrogen) atoms. The number of hydrogen-bond acceptors (Lipinski definition) is 5. The fraction of sp³-hybridized carbons (Fsp3) is 0.500. The largest absolute Gasteiger partial charge is 0.367 e. The Kier molecular flexibility index (Phi) is 3.77. The fourth-order valence-corrected chi connectivity index (χ4v) is 3.34. The zero-order chi connectivity index (χ0) is 15.0. The lowest BCUT2D eigenvalue weighted by molar-refractivity contribution is -0.0278. The second kappa shape index (κ2) is 5.57. The van der Waals surface area contributed by atoms with E-state index in [4.69, 9.17) is 4.74 Å². The topological polar surface area (TPSA) is 60.2 Å². The highest BCUT2D eigenvalue weighted by Gasteiger charge is 2.29. The Morgan fingerprint density at radius 2 is 2.29 bits per heavy atom. The van der Waals surface area contributed by atoms with Crippen molar-refractivity contribution in [2.24, 2.45) is 7.05 Å². The standard InChI is InChI=1S/C14H18N4O2S/c1-9-6-17(3)13(16-9)11-7-18(4-5-20-11)14(19)12-10(2)15-8-21-12/h6,8,11H,4-5,7H2,1-3H3/t11-/m0/s1. The van der Waals surface area contributed by atoms with E-state index in [-0.39, 0.29) is 12.0 Å². The third kappa shape index (κ3) is 2.71. The number of nitrogens with zero attached hydrogens (tertiary/aromatic N) is 4. The van der Waals surface area contributed by atoms with E-state index in [0.717, 1.165) is 17.2 Å². The summed E-state index contributed by atoms with van der Waals surface area (Å²) in [5, 5.41) is 0. The van der Waals surface area contributed by atoms with Gasteiger partial charge in [-0.3, -0.25) is 4.79 Å². The summed E-state index contributed by atoms with van der Waals surface area (Å²) in [6, 6.07) is 0. The quantitative estimate of drug-likeness (QED) is 0.847. The number of imidazole rings is 1. The Morgan fingerprint density at radius 1 is 1.48 bits per heavy atom. The van der Waals surface area contributed by atoms with Crippen LogP contribution in [-0.4, -0.2) is 45.0 Å². The van der Waals surface area contributed by atoms with Gasteiger partial charge in [0.15, 0.2) is 0 Å². The number of thiazole rings is 1. The van der Waals surface area contributed by atoms with Crippen molar-refractivity contribution in [1.82, 2.24) is 19.4 Å². The third-order valence-electron chi connectivity index (χ3n) is 3.61. The average Bonchev–Trinajstić information content (AvgIpc) is 3.03. The maximum Gasteiger partial charge on any atom is 0.266 e. The van der Waals surface area contributed by atoms with Crippen molar-refractivity contribution in [1.29, 1.82) is 0 Å². The second-order valence-corrected chi connectivity index (χ2v) is 6.08. The molecule has 7 heteroatoms. The minimum absolute atomic E-state index is 0.0363. The average molecular weight is 306 g/mol. The van der Waals surface area contributed by atoms with Crippen LogP contribution >= 0.6 is 11.3 Å². The minimum atomic E-state index is -0.172. The molecular formula is C14H18N4O2S. The van der Waals surface area contributed by atoms with E-state index in [2.05, 4.69) is 9.97 Å². The Morgan fingerprint density at radius 3 is 2.90 bits per heavy atom. The lowest BCUT2D eigenvalue weighted by atomic mass is 10.2. The first-order chi connectivity index (χ1) is 10.1. The van der Waals surface area contributed by atoms with Crippen LogP contribution in [0.5, 0.6) is 0 Å². The molecule has 2 aromatic heterocycles. The molecule has 1 saturated heterocycles. The number of aryl methyl sites for hydroxylation is 3. The minimum Gasteiger partial charge on any atom is -0.367 e. The van der Waals surface area contributed by atoms with Crippen molar-refractivity contribution in [2.45, 2.75) is 20.0 Å². The van der Waals surface area contributed by atoms with Crippen LogP contribution in [0.3, 0.4) is 0 Å². The van der Waals surface area contributed by atoms with Gasteiger partial charge in [-0.2, -0.15) is 0 Å². The highest BCUT2D eigenvalue weighted by molar-refractivity contribution is 7.11. The van der Waals surface area contributed by atoms with Crippen LogP contribution in [0, 0.1) is 13.8 Å². The lowest BCUT2D eigenvalue weighted by Crippen LogP contribution is -2.42. The Labute approximate surface area is 127 Å².